The third kappa shape index (κ3) is 5.60. The maximum atomic E-state index is 11.2. The number of hydrogen-bond acceptors (Lipinski definition) is 4. The molecule has 1 heterocycles. The molecule has 6 heteroatoms. The molecule has 0 aromatic carbocycles. The lowest BCUT2D eigenvalue weighted by molar-refractivity contribution is -0.125. The number of rotatable bonds is 7. The second kappa shape index (κ2) is 7.78. The Kier molecular flexibility index (Phi) is 6.63. The first-order valence-electron chi connectivity index (χ1n) is 5.01. The minimum atomic E-state index is -0.0935. The van der Waals surface area contributed by atoms with Crippen molar-refractivity contribution in [1.29, 1.82) is 0 Å². The molecule has 1 aromatic rings. The van der Waals surface area contributed by atoms with Gasteiger partial charge in [-0.05, 0) is 34.5 Å². The highest BCUT2D eigenvalue weighted by atomic mass is 79.9. The summed E-state index contributed by atoms with van der Waals surface area (Å²) in [5, 5.41) is 2.79. The predicted octanol–water partition coefficient (Wildman–Crippen LogP) is 1.14. The molecule has 3 N–H and O–H groups in total. The molecule has 16 heavy (non-hydrogen) atoms. The second-order valence-corrected chi connectivity index (χ2v) is 5.69. The number of carbonyl (C=O) groups is 1. The molecule has 0 atom stereocenters. The first kappa shape index (κ1) is 13.6. The van der Waals surface area contributed by atoms with Gasteiger partial charge in [0.15, 0.2) is 0 Å². The summed E-state index contributed by atoms with van der Waals surface area (Å²) >= 11 is 5.07. The molecule has 1 rings (SSSR count). The summed E-state index contributed by atoms with van der Waals surface area (Å²) in [6, 6.07) is 4.05. The third-order valence-corrected chi connectivity index (χ3v) is 3.50. The van der Waals surface area contributed by atoms with Gasteiger partial charge in [-0.1, -0.05) is 0 Å². The minimum Gasteiger partial charge on any atom is -0.370 e. The van der Waals surface area contributed by atoms with E-state index in [0.717, 1.165) is 10.2 Å². The van der Waals surface area contributed by atoms with E-state index in [0.29, 0.717) is 19.7 Å². The van der Waals surface area contributed by atoms with Gasteiger partial charge >= 0.3 is 0 Å². The molecule has 1 amide bonds. The van der Waals surface area contributed by atoms with E-state index in [1.165, 1.54) is 4.88 Å². The number of amides is 1. The van der Waals surface area contributed by atoms with E-state index in [1.54, 1.807) is 11.3 Å². The van der Waals surface area contributed by atoms with Crippen LogP contribution in [-0.4, -0.2) is 32.2 Å². The van der Waals surface area contributed by atoms with Crippen LogP contribution in [0.5, 0.6) is 0 Å². The Bertz CT molecular complexity index is 330. The zero-order valence-electron chi connectivity index (χ0n) is 8.87. The lowest BCUT2D eigenvalue weighted by Gasteiger charge is -2.04. The van der Waals surface area contributed by atoms with Crippen LogP contribution in [0.4, 0.5) is 0 Å². The Morgan fingerprint density at radius 2 is 2.38 bits per heavy atom. The topological polar surface area (TPSA) is 64.3 Å². The van der Waals surface area contributed by atoms with Gasteiger partial charge in [0.1, 0.15) is 6.61 Å². The molecule has 1 aromatic heterocycles. The Morgan fingerprint density at radius 3 is 3.00 bits per heavy atom. The number of nitrogens with two attached hydrogens (primary N) is 1. The number of thiophene rings is 1. The molecule has 0 aliphatic heterocycles. The van der Waals surface area contributed by atoms with Crippen molar-refractivity contribution in [2.45, 2.75) is 6.42 Å². The monoisotopic (exact) mass is 306 g/mol. The highest BCUT2D eigenvalue weighted by Gasteiger charge is 2.01. The number of nitrogens with one attached hydrogen (secondary N) is 1. The molecule has 0 saturated heterocycles. The van der Waals surface area contributed by atoms with Crippen LogP contribution >= 0.6 is 27.3 Å². The fourth-order valence-electron chi connectivity index (χ4n) is 1.11. The van der Waals surface area contributed by atoms with Gasteiger partial charge in [0.2, 0.25) is 5.91 Å². The summed E-state index contributed by atoms with van der Waals surface area (Å²) in [5.74, 6) is -0.0935. The first-order chi connectivity index (χ1) is 7.72. The molecule has 0 bridgehead atoms. The molecule has 0 aliphatic carbocycles. The van der Waals surface area contributed by atoms with E-state index < -0.39 is 0 Å². The average molecular weight is 307 g/mol. The zero-order valence-corrected chi connectivity index (χ0v) is 11.3. The fraction of sp³-hybridized carbons (Fsp3) is 0.500. The zero-order chi connectivity index (χ0) is 11.8. The van der Waals surface area contributed by atoms with Crippen molar-refractivity contribution >= 4 is 33.2 Å². The van der Waals surface area contributed by atoms with Crippen molar-refractivity contribution in [2.75, 3.05) is 26.3 Å². The van der Waals surface area contributed by atoms with E-state index in [-0.39, 0.29) is 12.5 Å². The summed E-state index contributed by atoms with van der Waals surface area (Å²) in [4.78, 5) is 12.5. The van der Waals surface area contributed by atoms with Gasteiger partial charge in [0.05, 0.1) is 10.4 Å². The minimum absolute atomic E-state index is 0.0886. The highest BCUT2D eigenvalue weighted by molar-refractivity contribution is 9.11. The van der Waals surface area contributed by atoms with Crippen molar-refractivity contribution in [3.63, 3.8) is 0 Å². The summed E-state index contributed by atoms with van der Waals surface area (Å²) in [5.41, 5.74) is 5.23. The van der Waals surface area contributed by atoms with Crippen molar-refractivity contribution in [2.24, 2.45) is 5.73 Å². The van der Waals surface area contributed by atoms with E-state index in [2.05, 4.69) is 21.2 Å². The molecule has 90 valence electrons. The van der Waals surface area contributed by atoms with Gasteiger partial charge in [-0.25, -0.2) is 0 Å². The van der Waals surface area contributed by atoms with Gasteiger partial charge in [0, 0.05) is 18.0 Å². The van der Waals surface area contributed by atoms with Gasteiger partial charge in [-0.2, -0.15) is 0 Å². The second-order valence-electron chi connectivity index (χ2n) is 3.15. The molecule has 0 radical (unpaired) electrons. The quantitative estimate of drug-likeness (QED) is 0.743. The lowest BCUT2D eigenvalue weighted by Crippen LogP contribution is -2.30. The van der Waals surface area contributed by atoms with Crippen LogP contribution in [0.15, 0.2) is 15.9 Å². The van der Waals surface area contributed by atoms with Crippen molar-refractivity contribution in [3.05, 3.63) is 20.8 Å². The first-order valence-corrected chi connectivity index (χ1v) is 6.62. The smallest absolute Gasteiger partial charge is 0.246 e. The van der Waals surface area contributed by atoms with Crippen molar-refractivity contribution < 1.29 is 9.53 Å². The molecular formula is C10H15BrN2O2S. The van der Waals surface area contributed by atoms with E-state index in [9.17, 15) is 4.79 Å². The summed E-state index contributed by atoms with van der Waals surface area (Å²) in [7, 11) is 0. The number of ether oxygens (including phenoxy) is 1. The normalized spacial score (nSPS) is 10.4. The molecule has 0 saturated carbocycles. The van der Waals surface area contributed by atoms with Gasteiger partial charge < -0.3 is 15.8 Å². The summed E-state index contributed by atoms with van der Waals surface area (Å²) in [6.07, 6.45) is 0.846. The molecule has 0 unspecified atom stereocenters. The largest absolute Gasteiger partial charge is 0.370 e. The van der Waals surface area contributed by atoms with Crippen LogP contribution in [0, 0.1) is 0 Å². The average Bonchev–Trinajstić information content (AvgIpc) is 2.65. The summed E-state index contributed by atoms with van der Waals surface area (Å²) < 4.78 is 6.12. The van der Waals surface area contributed by atoms with Crippen LogP contribution in [0.2, 0.25) is 0 Å². The number of carbonyl (C=O) groups excluding carboxylic acids is 1. The van der Waals surface area contributed by atoms with Crippen LogP contribution < -0.4 is 11.1 Å². The van der Waals surface area contributed by atoms with Gasteiger partial charge in [-0.15, -0.1) is 11.3 Å². The maximum absolute atomic E-state index is 11.2. The van der Waals surface area contributed by atoms with E-state index >= 15 is 0 Å². The molecule has 0 aliphatic rings. The number of halogens is 1. The Balaban J connectivity index is 2.08. The van der Waals surface area contributed by atoms with E-state index in [1.807, 2.05) is 12.1 Å². The fourth-order valence-corrected chi connectivity index (χ4v) is 2.59. The Hall–Kier alpha value is -0.430. The van der Waals surface area contributed by atoms with E-state index in [4.69, 9.17) is 10.5 Å². The van der Waals surface area contributed by atoms with Crippen LogP contribution in [0.1, 0.15) is 4.88 Å². The van der Waals surface area contributed by atoms with Crippen LogP contribution in [0.25, 0.3) is 0 Å². The Labute approximate surface area is 107 Å². The molecule has 0 fully saturated rings. The standard InChI is InChI=1S/C10H15BrN2O2S/c11-9-2-1-8(16-9)3-5-13-10(14)7-15-6-4-12/h1-2H,3-7,12H2,(H,13,14). The highest BCUT2D eigenvalue weighted by Crippen LogP contribution is 2.21. The van der Waals surface area contributed by atoms with Crippen molar-refractivity contribution in [3.8, 4) is 0 Å². The predicted molar refractivity (Wildman–Crippen MR) is 68.6 cm³/mol. The van der Waals surface area contributed by atoms with Crippen LogP contribution in [0.3, 0.4) is 0 Å². The molecule has 0 spiro atoms. The van der Waals surface area contributed by atoms with Crippen molar-refractivity contribution in [1.82, 2.24) is 5.32 Å². The third-order valence-electron chi connectivity index (χ3n) is 1.82. The van der Waals surface area contributed by atoms with Gasteiger partial charge in [-0.3, -0.25) is 4.79 Å². The van der Waals surface area contributed by atoms with Crippen LogP contribution in [-0.2, 0) is 16.0 Å². The number of hydrogen-bond donors (Lipinski definition) is 2. The van der Waals surface area contributed by atoms with Gasteiger partial charge in [0.25, 0.3) is 0 Å². The lowest BCUT2D eigenvalue weighted by atomic mass is 10.3. The molecule has 4 nitrogen and oxygen atoms in total. The Morgan fingerprint density at radius 1 is 1.56 bits per heavy atom. The molecular weight excluding hydrogens is 292 g/mol. The SMILES string of the molecule is NCCOCC(=O)NCCc1ccc(Br)s1. The summed E-state index contributed by atoms with van der Waals surface area (Å²) in [6.45, 7) is 1.59. The maximum Gasteiger partial charge on any atom is 0.246 e.